The molecule has 20 heavy (non-hydrogen) atoms. The van der Waals surface area contributed by atoms with E-state index in [0.717, 1.165) is 31.1 Å². The molecule has 4 nitrogen and oxygen atoms in total. The van der Waals surface area contributed by atoms with Gasteiger partial charge < -0.3 is 9.84 Å². The van der Waals surface area contributed by atoms with E-state index in [2.05, 4.69) is 49.1 Å². The summed E-state index contributed by atoms with van der Waals surface area (Å²) in [6, 6.07) is 2.56. The standard InChI is InChI=1S/C16H29N3O/c1-13(2)17-11-14-10-15(20-18-14)12-19-8-5-6-16(3,4)7-9-19/h10,13,17H,5-9,11-12H2,1-4H3. The highest BCUT2D eigenvalue weighted by molar-refractivity contribution is 5.05. The molecule has 0 spiro atoms. The van der Waals surface area contributed by atoms with Gasteiger partial charge >= 0.3 is 0 Å². The molecule has 0 atom stereocenters. The molecule has 1 aromatic rings. The predicted molar refractivity (Wildman–Crippen MR) is 81.4 cm³/mol. The second kappa shape index (κ2) is 6.72. The van der Waals surface area contributed by atoms with Crippen molar-refractivity contribution >= 4 is 0 Å². The van der Waals surface area contributed by atoms with Crippen LogP contribution in [0.5, 0.6) is 0 Å². The average Bonchev–Trinajstić information content (AvgIpc) is 2.73. The number of likely N-dealkylation sites (tertiary alicyclic amines) is 1. The van der Waals surface area contributed by atoms with Gasteiger partial charge in [0.2, 0.25) is 0 Å². The normalized spacial score (nSPS) is 20.2. The van der Waals surface area contributed by atoms with E-state index in [1.165, 1.54) is 25.8 Å². The summed E-state index contributed by atoms with van der Waals surface area (Å²) < 4.78 is 5.46. The maximum absolute atomic E-state index is 5.46. The van der Waals surface area contributed by atoms with Gasteiger partial charge in [0.1, 0.15) is 0 Å². The average molecular weight is 279 g/mol. The molecule has 0 unspecified atom stereocenters. The Morgan fingerprint density at radius 2 is 2.15 bits per heavy atom. The quantitative estimate of drug-likeness (QED) is 0.899. The third kappa shape index (κ3) is 4.91. The summed E-state index contributed by atoms with van der Waals surface area (Å²) in [4.78, 5) is 2.49. The van der Waals surface area contributed by atoms with Gasteiger partial charge in [-0.1, -0.05) is 32.9 Å². The molecule has 0 aromatic carbocycles. The number of hydrogen-bond acceptors (Lipinski definition) is 4. The van der Waals surface area contributed by atoms with Crippen LogP contribution in [-0.4, -0.2) is 29.2 Å². The second-order valence-electron chi connectivity index (χ2n) is 7.11. The second-order valence-corrected chi connectivity index (χ2v) is 7.11. The van der Waals surface area contributed by atoms with Crippen molar-refractivity contribution in [2.45, 2.75) is 66.1 Å². The van der Waals surface area contributed by atoms with Crippen molar-refractivity contribution in [3.8, 4) is 0 Å². The van der Waals surface area contributed by atoms with Gasteiger partial charge in [0.25, 0.3) is 0 Å². The maximum Gasteiger partial charge on any atom is 0.151 e. The van der Waals surface area contributed by atoms with Crippen molar-refractivity contribution in [3.63, 3.8) is 0 Å². The lowest BCUT2D eigenvalue weighted by Crippen LogP contribution is -2.24. The molecule has 0 radical (unpaired) electrons. The summed E-state index contributed by atoms with van der Waals surface area (Å²) >= 11 is 0. The van der Waals surface area contributed by atoms with E-state index in [1.807, 2.05) is 0 Å². The van der Waals surface area contributed by atoms with Crippen LogP contribution in [-0.2, 0) is 13.1 Å². The van der Waals surface area contributed by atoms with Gasteiger partial charge in [-0.25, -0.2) is 0 Å². The molecule has 1 aliphatic rings. The summed E-state index contributed by atoms with van der Waals surface area (Å²) in [6.07, 6.45) is 3.87. The van der Waals surface area contributed by atoms with E-state index in [-0.39, 0.29) is 0 Å². The summed E-state index contributed by atoms with van der Waals surface area (Å²) in [6.45, 7) is 13.0. The Hall–Kier alpha value is -0.870. The highest BCUT2D eigenvalue weighted by Gasteiger charge is 2.23. The topological polar surface area (TPSA) is 41.3 Å². The maximum atomic E-state index is 5.46. The molecule has 0 saturated carbocycles. The van der Waals surface area contributed by atoms with Gasteiger partial charge in [-0.2, -0.15) is 0 Å². The number of rotatable bonds is 5. The molecule has 2 heterocycles. The Balaban J connectivity index is 1.84. The van der Waals surface area contributed by atoms with E-state index < -0.39 is 0 Å². The van der Waals surface area contributed by atoms with Gasteiger partial charge in [0.05, 0.1) is 12.2 Å². The SMILES string of the molecule is CC(C)NCc1cc(CN2CCCC(C)(C)CC2)on1. The highest BCUT2D eigenvalue weighted by Crippen LogP contribution is 2.30. The van der Waals surface area contributed by atoms with Crippen LogP contribution < -0.4 is 5.32 Å². The zero-order valence-electron chi connectivity index (χ0n) is 13.4. The fourth-order valence-electron chi connectivity index (χ4n) is 2.68. The van der Waals surface area contributed by atoms with Crippen molar-refractivity contribution in [2.75, 3.05) is 13.1 Å². The predicted octanol–water partition coefficient (Wildman–Crippen LogP) is 3.18. The lowest BCUT2D eigenvalue weighted by atomic mass is 9.85. The van der Waals surface area contributed by atoms with Gasteiger partial charge in [-0.3, -0.25) is 4.90 Å². The Morgan fingerprint density at radius 1 is 1.35 bits per heavy atom. The zero-order chi connectivity index (χ0) is 14.6. The van der Waals surface area contributed by atoms with E-state index >= 15 is 0 Å². The van der Waals surface area contributed by atoms with E-state index in [1.54, 1.807) is 0 Å². The zero-order valence-corrected chi connectivity index (χ0v) is 13.4. The lowest BCUT2D eigenvalue weighted by molar-refractivity contribution is 0.227. The van der Waals surface area contributed by atoms with Crippen molar-refractivity contribution < 1.29 is 4.52 Å². The van der Waals surface area contributed by atoms with Gasteiger partial charge in [-0.05, 0) is 37.8 Å². The first-order chi connectivity index (χ1) is 9.44. The third-order valence-corrected chi connectivity index (χ3v) is 4.11. The first-order valence-corrected chi connectivity index (χ1v) is 7.85. The number of aromatic nitrogens is 1. The largest absolute Gasteiger partial charge is 0.360 e. The highest BCUT2D eigenvalue weighted by atomic mass is 16.5. The van der Waals surface area contributed by atoms with Crippen molar-refractivity contribution in [1.29, 1.82) is 0 Å². The van der Waals surface area contributed by atoms with Crippen molar-refractivity contribution in [3.05, 3.63) is 17.5 Å². The van der Waals surface area contributed by atoms with Crippen LogP contribution in [0.3, 0.4) is 0 Å². The smallest absolute Gasteiger partial charge is 0.151 e. The van der Waals surface area contributed by atoms with E-state index in [0.29, 0.717) is 11.5 Å². The number of hydrogen-bond donors (Lipinski definition) is 1. The first kappa shape index (κ1) is 15.5. The molecule has 1 aromatic heterocycles. The molecule has 4 heteroatoms. The monoisotopic (exact) mass is 279 g/mol. The summed E-state index contributed by atoms with van der Waals surface area (Å²) in [5.74, 6) is 0.991. The van der Waals surface area contributed by atoms with Crippen LogP contribution in [0, 0.1) is 5.41 Å². The first-order valence-electron chi connectivity index (χ1n) is 7.85. The van der Waals surface area contributed by atoms with Crippen LogP contribution in [0.2, 0.25) is 0 Å². The summed E-state index contributed by atoms with van der Waals surface area (Å²) in [5, 5.41) is 7.50. The molecule has 0 amide bonds. The minimum Gasteiger partial charge on any atom is -0.360 e. The minimum atomic E-state index is 0.475. The fraction of sp³-hybridized carbons (Fsp3) is 0.812. The Labute approximate surface area is 122 Å². The molecule has 1 aliphatic heterocycles. The third-order valence-electron chi connectivity index (χ3n) is 4.11. The van der Waals surface area contributed by atoms with Crippen LogP contribution in [0.15, 0.2) is 10.6 Å². The summed E-state index contributed by atoms with van der Waals surface area (Å²) in [5.41, 5.74) is 1.49. The minimum absolute atomic E-state index is 0.475. The molecule has 2 rings (SSSR count). The fourth-order valence-corrected chi connectivity index (χ4v) is 2.68. The van der Waals surface area contributed by atoms with Crippen LogP contribution in [0.1, 0.15) is 58.4 Å². The summed E-state index contributed by atoms with van der Waals surface area (Å²) in [7, 11) is 0. The van der Waals surface area contributed by atoms with Gasteiger partial charge in [-0.15, -0.1) is 0 Å². The van der Waals surface area contributed by atoms with Crippen molar-refractivity contribution in [2.24, 2.45) is 5.41 Å². The van der Waals surface area contributed by atoms with E-state index in [9.17, 15) is 0 Å². The number of nitrogens with one attached hydrogen (secondary N) is 1. The molecular formula is C16H29N3O. The lowest BCUT2D eigenvalue weighted by Gasteiger charge is -2.22. The van der Waals surface area contributed by atoms with Gasteiger partial charge in [0, 0.05) is 18.7 Å². The molecule has 0 bridgehead atoms. The van der Waals surface area contributed by atoms with Crippen LogP contribution >= 0.6 is 0 Å². The molecule has 1 fully saturated rings. The molecular weight excluding hydrogens is 250 g/mol. The van der Waals surface area contributed by atoms with E-state index in [4.69, 9.17) is 4.52 Å². The van der Waals surface area contributed by atoms with Crippen LogP contribution in [0.25, 0.3) is 0 Å². The molecule has 1 saturated heterocycles. The van der Waals surface area contributed by atoms with Crippen molar-refractivity contribution in [1.82, 2.24) is 15.4 Å². The Bertz CT molecular complexity index is 412. The van der Waals surface area contributed by atoms with Gasteiger partial charge in [0.15, 0.2) is 5.76 Å². The molecule has 0 aliphatic carbocycles. The Morgan fingerprint density at radius 3 is 2.90 bits per heavy atom. The van der Waals surface area contributed by atoms with Crippen LogP contribution in [0.4, 0.5) is 0 Å². The molecule has 114 valence electrons. The Kier molecular flexibility index (Phi) is 5.22. The number of nitrogens with zero attached hydrogens (tertiary/aromatic N) is 2. The molecule has 1 N–H and O–H groups in total.